The lowest BCUT2D eigenvalue weighted by Gasteiger charge is -2.32. The molecule has 0 aromatic heterocycles. The quantitative estimate of drug-likeness (QED) is 0.463. The van der Waals surface area contributed by atoms with E-state index in [9.17, 15) is 13.2 Å². The first kappa shape index (κ1) is 24.9. The fourth-order valence-corrected chi connectivity index (χ4v) is 5.37. The molecule has 0 spiro atoms. The van der Waals surface area contributed by atoms with Gasteiger partial charge in [0.1, 0.15) is 5.75 Å². The second-order valence-electron chi connectivity index (χ2n) is 8.91. The molecule has 4 rings (SSSR count). The van der Waals surface area contributed by atoms with Crippen molar-refractivity contribution < 1.29 is 17.9 Å². The molecule has 1 fully saturated rings. The fourth-order valence-electron chi connectivity index (χ4n) is 4.34. The van der Waals surface area contributed by atoms with E-state index in [1.54, 1.807) is 12.1 Å². The number of nitrogens with zero attached hydrogens (tertiary/aromatic N) is 1. The van der Waals surface area contributed by atoms with Crippen LogP contribution in [0, 0.1) is 5.92 Å². The van der Waals surface area contributed by atoms with Crippen molar-refractivity contribution in [3.63, 3.8) is 0 Å². The van der Waals surface area contributed by atoms with Crippen molar-refractivity contribution in [1.82, 2.24) is 9.62 Å². The molecule has 0 radical (unpaired) electrons. The normalized spacial score (nSPS) is 14.6. The van der Waals surface area contributed by atoms with Crippen LogP contribution in [0.2, 0.25) is 0 Å². The lowest BCUT2D eigenvalue weighted by molar-refractivity contribution is -0.134. The molecular weight excluding hydrogens is 460 g/mol. The highest BCUT2D eigenvalue weighted by Crippen LogP contribution is 2.22. The van der Waals surface area contributed by atoms with Crippen LogP contribution in [-0.4, -0.2) is 45.5 Å². The molecule has 1 amide bonds. The molecule has 1 saturated heterocycles. The number of rotatable bonds is 10. The molecule has 184 valence electrons. The van der Waals surface area contributed by atoms with Gasteiger partial charge >= 0.3 is 0 Å². The predicted molar refractivity (Wildman–Crippen MR) is 137 cm³/mol. The number of likely N-dealkylation sites (tertiary alicyclic amines) is 1. The number of carbonyl (C=O) groups excluding carboxylic acids is 1. The van der Waals surface area contributed by atoms with E-state index in [1.807, 2.05) is 41.3 Å². The molecule has 0 atom stereocenters. The Bertz CT molecular complexity index is 1170. The van der Waals surface area contributed by atoms with Crippen molar-refractivity contribution in [2.24, 2.45) is 5.92 Å². The largest absolute Gasteiger partial charge is 0.484 e. The summed E-state index contributed by atoms with van der Waals surface area (Å²) in [4.78, 5) is 14.6. The van der Waals surface area contributed by atoms with Crippen LogP contribution < -0.4 is 9.46 Å². The van der Waals surface area contributed by atoms with Crippen molar-refractivity contribution in [3.8, 4) is 5.75 Å². The molecule has 3 aromatic carbocycles. The van der Waals surface area contributed by atoms with Gasteiger partial charge in [0.25, 0.3) is 5.91 Å². The molecule has 0 bridgehead atoms. The molecule has 3 aromatic rings. The van der Waals surface area contributed by atoms with Gasteiger partial charge in [0.15, 0.2) is 6.61 Å². The molecule has 0 unspecified atom stereocenters. The Balaban J connectivity index is 1.20. The lowest BCUT2D eigenvalue weighted by Crippen LogP contribution is -2.41. The van der Waals surface area contributed by atoms with E-state index in [0.717, 1.165) is 37.9 Å². The summed E-state index contributed by atoms with van der Waals surface area (Å²) < 4.78 is 33.3. The number of sulfonamides is 1. The monoisotopic (exact) mass is 492 g/mol. The zero-order valence-electron chi connectivity index (χ0n) is 19.8. The minimum atomic E-state index is -3.60. The molecular formula is C28H32N2O4S. The molecule has 1 aliphatic rings. The zero-order valence-corrected chi connectivity index (χ0v) is 20.6. The Hall–Kier alpha value is -3.16. The molecule has 7 heteroatoms. The Kier molecular flexibility index (Phi) is 8.55. The van der Waals surface area contributed by atoms with E-state index >= 15 is 0 Å². The number of benzene rings is 3. The average molecular weight is 493 g/mol. The van der Waals surface area contributed by atoms with Crippen LogP contribution in [0.25, 0.3) is 0 Å². The van der Waals surface area contributed by atoms with Gasteiger partial charge in [0, 0.05) is 19.6 Å². The third-order valence-electron chi connectivity index (χ3n) is 6.38. The summed E-state index contributed by atoms with van der Waals surface area (Å²) in [5, 5.41) is 0. The second-order valence-corrected chi connectivity index (χ2v) is 10.7. The van der Waals surface area contributed by atoms with Gasteiger partial charge in [0.2, 0.25) is 10.0 Å². The Morgan fingerprint density at radius 2 is 1.46 bits per heavy atom. The van der Waals surface area contributed by atoms with E-state index in [2.05, 4.69) is 29.0 Å². The van der Waals surface area contributed by atoms with Gasteiger partial charge in [-0.15, -0.1) is 0 Å². The lowest BCUT2D eigenvalue weighted by atomic mass is 9.90. The number of hydrogen-bond donors (Lipinski definition) is 1. The van der Waals surface area contributed by atoms with E-state index in [0.29, 0.717) is 24.6 Å². The van der Waals surface area contributed by atoms with Crippen LogP contribution in [-0.2, 0) is 27.7 Å². The maximum absolute atomic E-state index is 12.6. The molecule has 1 heterocycles. The zero-order chi connectivity index (χ0) is 24.5. The highest BCUT2D eigenvalue weighted by molar-refractivity contribution is 7.89. The van der Waals surface area contributed by atoms with Gasteiger partial charge in [-0.1, -0.05) is 60.7 Å². The van der Waals surface area contributed by atoms with E-state index < -0.39 is 10.0 Å². The second kappa shape index (κ2) is 12.0. The first-order chi connectivity index (χ1) is 17.0. The maximum atomic E-state index is 12.6. The third-order valence-corrected chi connectivity index (χ3v) is 7.86. The summed E-state index contributed by atoms with van der Waals surface area (Å²) in [6, 6.07) is 26.4. The van der Waals surface area contributed by atoms with E-state index in [4.69, 9.17) is 4.74 Å². The van der Waals surface area contributed by atoms with Crippen LogP contribution in [0.1, 0.15) is 24.0 Å². The predicted octanol–water partition coefficient (Wildman–Crippen LogP) is 4.07. The van der Waals surface area contributed by atoms with Crippen molar-refractivity contribution in [3.05, 3.63) is 96.1 Å². The molecule has 35 heavy (non-hydrogen) atoms. The minimum Gasteiger partial charge on any atom is -0.484 e. The van der Waals surface area contributed by atoms with Crippen molar-refractivity contribution in [1.29, 1.82) is 0 Å². The average Bonchev–Trinajstić information content (AvgIpc) is 2.89. The number of piperidine rings is 1. The number of nitrogens with one attached hydrogen (secondary N) is 1. The van der Waals surface area contributed by atoms with Gasteiger partial charge < -0.3 is 9.64 Å². The number of ether oxygens (including phenoxy) is 1. The Morgan fingerprint density at radius 3 is 2.09 bits per heavy atom. The SMILES string of the molecule is O=C(COc1ccc(S(=O)(=O)NCCc2ccccc2)cc1)N1CCC(Cc2ccccc2)CC1. The standard InChI is InChI=1S/C28H32N2O4S/c31-28(30-19-16-25(17-20-30)21-24-9-5-2-6-10-24)22-34-26-11-13-27(14-12-26)35(32,33)29-18-15-23-7-3-1-4-8-23/h1-14,25,29H,15-22H2. The van der Waals surface area contributed by atoms with Crippen LogP contribution in [0.3, 0.4) is 0 Å². The molecule has 1 N–H and O–H groups in total. The van der Waals surface area contributed by atoms with Gasteiger partial charge in [-0.05, 0) is 67.0 Å². The van der Waals surface area contributed by atoms with Crippen molar-refractivity contribution >= 4 is 15.9 Å². The molecule has 6 nitrogen and oxygen atoms in total. The Labute approximate surface area is 208 Å². The summed E-state index contributed by atoms with van der Waals surface area (Å²) in [7, 11) is -3.60. The molecule has 0 saturated carbocycles. The summed E-state index contributed by atoms with van der Waals surface area (Å²) in [6.45, 7) is 1.75. The summed E-state index contributed by atoms with van der Waals surface area (Å²) in [6.07, 6.45) is 3.65. The highest BCUT2D eigenvalue weighted by atomic mass is 32.2. The fraction of sp³-hybridized carbons (Fsp3) is 0.321. The first-order valence-electron chi connectivity index (χ1n) is 12.1. The van der Waals surface area contributed by atoms with Gasteiger partial charge in [-0.3, -0.25) is 4.79 Å². The number of amides is 1. The number of hydrogen-bond acceptors (Lipinski definition) is 4. The third kappa shape index (κ3) is 7.41. The Morgan fingerprint density at radius 1 is 0.857 bits per heavy atom. The van der Waals surface area contributed by atoms with Crippen LogP contribution in [0.4, 0.5) is 0 Å². The van der Waals surface area contributed by atoms with Gasteiger partial charge in [0.05, 0.1) is 4.90 Å². The maximum Gasteiger partial charge on any atom is 0.260 e. The van der Waals surface area contributed by atoms with Crippen LogP contribution in [0.5, 0.6) is 5.75 Å². The summed E-state index contributed by atoms with van der Waals surface area (Å²) in [5.41, 5.74) is 2.42. The van der Waals surface area contributed by atoms with Gasteiger partial charge in [-0.25, -0.2) is 13.1 Å². The highest BCUT2D eigenvalue weighted by Gasteiger charge is 2.23. The molecule has 0 aliphatic carbocycles. The minimum absolute atomic E-state index is 0.0394. The van der Waals surface area contributed by atoms with Crippen molar-refractivity contribution in [2.45, 2.75) is 30.6 Å². The molecule has 1 aliphatic heterocycles. The van der Waals surface area contributed by atoms with Crippen LogP contribution >= 0.6 is 0 Å². The smallest absolute Gasteiger partial charge is 0.260 e. The van der Waals surface area contributed by atoms with Gasteiger partial charge in [-0.2, -0.15) is 0 Å². The van der Waals surface area contributed by atoms with Crippen molar-refractivity contribution in [2.75, 3.05) is 26.2 Å². The first-order valence-corrected chi connectivity index (χ1v) is 13.6. The number of carbonyl (C=O) groups is 1. The summed E-state index contributed by atoms with van der Waals surface area (Å²) in [5.74, 6) is 1.03. The topological polar surface area (TPSA) is 75.7 Å². The van der Waals surface area contributed by atoms with Crippen LogP contribution in [0.15, 0.2) is 89.8 Å². The van der Waals surface area contributed by atoms with E-state index in [1.165, 1.54) is 17.7 Å². The van der Waals surface area contributed by atoms with E-state index in [-0.39, 0.29) is 17.4 Å². The summed E-state index contributed by atoms with van der Waals surface area (Å²) >= 11 is 0.